The van der Waals surface area contributed by atoms with E-state index in [2.05, 4.69) is 28.1 Å². The fourth-order valence-corrected chi connectivity index (χ4v) is 4.24. The normalized spacial score (nSPS) is 14.3. The van der Waals surface area contributed by atoms with Crippen molar-refractivity contribution in [2.45, 2.75) is 6.92 Å². The van der Waals surface area contributed by atoms with Gasteiger partial charge in [0, 0.05) is 29.7 Å². The van der Waals surface area contributed by atoms with Crippen LogP contribution in [-0.4, -0.2) is 49.3 Å². The van der Waals surface area contributed by atoms with Gasteiger partial charge in [0.2, 0.25) is 0 Å². The van der Waals surface area contributed by atoms with Gasteiger partial charge in [0.15, 0.2) is 0 Å². The van der Waals surface area contributed by atoms with Crippen LogP contribution in [0.3, 0.4) is 0 Å². The fraction of sp³-hybridized carbons (Fsp3) is 0.250. The molecule has 1 aliphatic heterocycles. The van der Waals surface area contributed by atoms with Crippen LogP contribution in [0.25, 0.3) is 33.2 Å². The Kier molecular flexibility index (Phi) is 4.75. The molecule has 2 aromatic carbocycles. The van der Waals surface area contributed by atoms with Gasteiger partial charge < -0.3 is 25.1 Å². The Morgan fingerprint density at radius 2 is 1.97 bits per heavy atom. The molecular weight excluding hydrogens is 392 g/mol. The molecule has 7 heteroatoms. The van der Waals surface area contributed by atoms with E-state index >= 15 is 0 Å². The highest BCUT2D eigenvalue weighted by molar-refractivity contribution is 6.14. The summed E-state index contributed by atoms with van der Waals surface area (Å²) in [5, 5.41) is 0.960. The molecule has 158 valence electrons. The van der Waals surface area contributed by atoms with E-state index in [1.165, 1.54) is 0 Å². The van der Waals surface area contributed by atoms with Crippen molar-refractivity contribution in [1.29, 1.82) is 0 Å². The van der Waals surface area contributed by atoms with Crippen LogP contribution in [0.15, 0.2) is 42.5 Å². The summed E-state index contributed by atoms with van der Waals surface area (Å²) in [4.78, 5) is 22.9. The highest BCUT2D eigenvalue weighted by Crippen LogP contribution is 2.33. The fourth-order valence-electron chi connectivity index (χ4n) is 4.24. The summed E-state index contributed by atoms with van der Waals surface area (Å²) >= 11 is 0. The molecular formula is C24H24N4O3. The predicted octanol–water partition coefficient (Wildman–Crippen LogP) is 3.64. The third-order valence-corrected chi connectivity index (χ3v) is 5.87. The van der Waals surface area contributed by atoms with E-state index in [-0.39, 0.29) is 0 Å². The molecule has 7 nitrogen and oxygen atoms in total. The lowest BCUT2D eigenvalue weighted by atomic mass is 10.0. The number of carbonyl (C=O) groups is 1. The summed E-state index contributed by atoms with van der Waals surface area (Å²) in [6, 6.07) is 13.9. The maximum absolute atomic E-state index is 12.3. The summed E-state index contributed by atoms with van der Waals surface area (Å²) in [7, 11) is 1.65. The number of aryl methyl sites for hydroxylation is 1. The standard InChI is InChI=1S/C24H24N4O3/c1-14-11-15(3-6-21(14)30-2)19-13-18(24(25)29)23-22(26-19)17-5-4-16(12-20(17)27-23)28-7-9-31-10-8-28/h3-6,11-13,27H,7-10H2,1-2H3,(H2,25,29). The summed E-state index contributed by atoms with van der Waals surface area (Å²) in [6.07, 6.45) is 0. The number of nitrogens with one attached hydrogen (secondary N) is 1. The molecule has 1 amide bonds. The molecule has 0 saturated carbocycles. The number of amides is 1. The van der Waals surface area contributed by atoms with Crippen LogP contribution in [-0.2, 0) is 4.74 Å². The first-order chi connectivity index (χ1) is 15.0. The number of aromatic amines is 1. The lowest BCUT2D eigenvalue weighted by molar-refractivity contribution is 0.100. The van der Waals surface area contributed by atoms with Gasteiger partial charge in [-0.1, -0.05) is 0 Å². The van der Waals surface area contributed by atoms with Crippen LogP contribution in [0.2, 0.25) is 0 Å². The molecule has 4 aromatic rings. The molecule has 0 atom stereocenters. The molecule has 0 aliphatic carbocycles. The summed E-state index contributed by atoms with van der Waals surface area (Å²) in [5.41, 5.74) is 12.2. The molecule has 3 N–H and O–H groups in total. The quantitative estimate of drug-likeness (QED) is 0.530. The van der Waals surface area contributed by atoms with E-state index in [1.807, 2.05) is 25.1 Å². The number of nitrogens with zero attached hydrogens (tertiary/aromatic N) is 2. The maximum atomic E-state index is 12.3. The molecule has 2 aromatic heterocycles. The summed E-state index contributed by atoms with van der Waals surface area (Å²) < 4.78 is 10.8. The zero-order valence-corrected chi connectivity index (χ0v) is 17.6. The first-order valence-corrected chi connectivity index (χ1v) is 10.3. The van der Waals surface area contributed by atoms with E-state index in [9.17, 15) is 4.79 Å². The average Bonchev–Trinajstić information content (AvgIpc) is 3.16. The molecule has 0 bridgehead atoms. The lowest BCUT2D eigenvalue weighted by Gasteiger charge is -2.28. The second-order valence-corrected chi connectivity index (χ2v) is 7.78. The van der Waals surface area contributed by atoms with Crippen LogP contribution in [0, 0.1) is 6.92 Å². The molecule has 0 unspecified atom stereocenters. The Morgan fingerprint density at radius 1 is 1.16 bits per heavy atom. The number of benzene rings is 2. The van der Waals surface area contributed by atoms with Crippen molar-refractivity contribution in [3.05, 3.63) is 53.6 Å². The van der Waals surface area contributed by atoms with Crippen molar-refractivity contribution < 1.29 is 14.3 Å². The number of ether oxygens (including phenoxy) is 2. The van der Waals surface area contributed by atoms with Crippen LogP contribution in [0.4, 0.5) is 5.69 Å². The molecule has 0 spiro atoms. The van der Waals surface area contributed by atoms with E-state index in [1.54, 1.807) is 13.2 Å². The van der Waals surface area contributed by atoms with Crippen molar-refractivity contribution in [1.82, 2.24) is 9.97 Å². The van der Waals surface area contributed by atoms with Gasteiger partial charge in [0.25, 0.3) is 5.91 Å². The number of aromatic nitrogens is 2. The van der Waals surface area contributed by atoms with Gasteiger partial charge in [-0.3, -0.25) is 4.79 Å². The number of hydrogen-bond acceptors (Lipinski definition) is 5. The van der Waals surface area contributed by atoms with Crippen LogP contribution < -0.4 is 15.4 Å². The minimum absolute atomic E-state index is 0.428. The lowest BCUT2D eigenvalue weighted by Crippen LogP contribution is -2.36. The highest BCUT2D eigenvalue weighted by atomic mass is 16.5. The topological polar surface area (TPSA) is 93.5 Å². The zero-order valence-electron chi connectivity index (χ0n) is 17.6. The van der Waals surface area contributed by atoms with E-state index in [4.69, 9.17) is 20.2 Å². The van der Waals surface area contributed by atoms with Gasteiger partial charge >= 0.3 is 0 Å². The van der Waals surface area contributed by atoms with Crippen molar-refractivity contribution in [3.8, 4) is 17.0 Å². The molecule has 3 heterocycles. The molecule has 31 heavy (non-hydrogen) atoms. The minimum Gasteiger partial charge on any atom is -0.496 e. The number of rotatable bonds is 4. The van der Waals surface area contributed by atoms with Crippen molar-refractivity contribution in [2.24, 2.45) is 5.73 Å². The molecule has 1 aliphatic rings. The smallest absolute Gasteiger partial charge is 0.250 e. The Hall–Kier alpha value is -3.58. The van der Waals surface area contributed by atoms with Gasteiger partial charge in [0.05, 0.1) is 48.1 Å². The number of morpholine rings is 1. The first-order valence-electron chi connectivity index (χ1n) is 10.3. The Morgan fingerprint density at radius 3 is 2.68 bits per heavy atom. The average molecular weight is 416 g/mol. The number of anilines is 1. The van der Waals surface area contributed by atoms with E-state index < -0.39 is 5.91 Å². The summed E-state index contributed by atoms with van der Waals surface area (Å²) in [6.45, 7) is 5.15. The predicted molar refractivity (Wildman–Crippen MR) is 122 cm³/mol. The second kappa shape index (κ2) is 7.59. The van der Waals surface area contributed by atoms with Crippen LogP contribution in [0.5, 0.6) is 5.75 Å². The number of fused-ring (bicyclic) bond motifs is 3. The SMILES string of the molecule is COc1ccc(-c2cc(C(N)=O)c3[nH]c4cc(N5CCOCC5)ccc4c3n2)cc1C. The van der Waals surface area contributed by atoms with Gasteiger partial charge in [0.1, 0.15) is 5.75 Å². The highest BCUT2D eigenvalue weighted by Gasteiger charge is 2.18. The largest absolute Gasteiger partial charge is 0.496 e. The second-order valence-electron chi connectivity index (χ2n) is 7.78. The van der Waals surface area contributed by atoms with Crippen LogP contribution in [0.1, 0.15) is 15.9 Å². The monoisotopic (exact) mass is 416 g/mol. The van der Waals surface area contributed by atoms with Crippen molar-refractivity contribution in [2.75, 3.05) is 38.3 Å². The third-order valence-electron chi connectivity index (χ3n) is 5.87. The van der Waals surface area contributed by atoms with Crippen molar-refractivity contribution >= 4 is 33.5 Å². The number of primary amides is 1. The Labute approximate surface area is 179 Å². The number of carbonyl (C=O) groups excluding carboxylic acids is 1. The maximum Gasteiger partial charge on any atom is 0.250 e. The molecule has 1 fully saturated rings. The number of methoxy groups -OCH3 is 1. The van der Waals surface area contributed by atoms with Crippen molar-refractivity contribution in [3.63, 3.8) is 0 Å². The van der Waals surface area contributed by atoms with Gasteiger partial charge in [-0.2, -0.15) is 0 Å². The minimum atomic E-state index is -0.487. The van der Waals surface area contributed by atoms with Gasteiger partial charge in [-0.15, -0.1) is 0 Å². The zero-order chi connectivity index (χ0) is 21.5. The van der Waals surface area contributed by atoms with E-state index in [0.717, 1.165) is 65.3 Å². The van der Waals surface area contributed by atoms with Crippen LogP contribution >= 0.6 is 0 Å². The third kappa shape index (κ3) is 3.37. The molecule has 1 saturated heterocycles. The van der Waals surface area contributed by atoms with E-state index in [0.29, 0.717) is 16.8 Å². The Balaban J connectivity index is 1.68. The number of pyridine rings is 1. The van der Waals surface area contributed by atoms with Gasteiger partial charge in [-0.25, -0.2) is 4.98 Å². The molecule has 0 radical (unpaired) electrons. The number of hydrogen-bond donors (Lipinski definition) is 2. The first kappa shape index (κ1) is 19.4. The molecule has 5 rings (SSSR count). The number of nitrogens with two attached hydrogens (primary N) is 1. The Bertz CT molecular complexity index is 1310. The number of H-pyrrole nitrogens is 1. The summed E-state index contributed by atoms with van der Waals surface area (Å²) in [5.74, 6) is 0.321. The van der Waals surface area contributed by atoms with Gasteiger partial charge in [-0.05, 0) is 55.0 Å².